The second-order valence-corrected chi connectivity index (χ2v) is 6.75. The van der Waals surface area contributed by atoms with Crippen molar-refractivity contribution < 1.29 is 4.79 Å². The summed E-state index contributed by atoms with van der Waals surface area (Å²) in [7, 11) is 3.58. The van der Waals surface area contributed by atoms with Gasteiger partial charge in [-0.2, -0.15) is 0 Å². The van der Waals surface area contributed by atoms with Crippen molar-refractivity contribution in [3.05, 3.63) is 0 Å². The number of carbonyl (C=O) groups is 1. The molecule has 4 heteroatoms. The number of nitrogens with one attached hydrogen (secondary N) is 2. The van der Waals surface area contributed by atoms with E-state index in [9.17, 15) is 4.79 Å². The van der Waals surface area contributed by atoms with Crippen LogP contribution >= 0.6 is 0 Å². The first-order valence-corrected chi connectivity index (χ1v) is 7.44. The summed E-state index contributed by atoms with van der Waals surface area (Å²) >= 11 is 0. The van der Waals surface area contributed by atoms with Crippen molar-refractivity contribution >= 4 is 6.03 Å². The minimum Gasteiger partial charge on any atom is -0.335 e. The summed E-state index contributed by atoms with van der Waals surface area (Å²) in [4.78, 5) is 13.6. The number of urea groups is 1. The van der Waals surface area contributed by atoms with Gasteiger partial charge in [-0.25, -0.2) is 4.79 Å². The third-order valence-corrected chi connectivity index (χ3v) is 5.10. The third kappa shape index (κ3) is 3.41. The topological polar surface area (TPSA) is 44.4 Å². The maximum atomic E-state index is 11.9. The van der Waals surface area contributed by atoms with Gasteiger partial charge in [-0.3, -0.25) is 0 Å². The molecule has 1 aliphatic heterocycles. The summed E-state index contributed by atoms with van der Waals surface area (Å²) in [6, 6.07) is 0.238. The predicted molar refractivity (Wildman–Crippen MR) is 80.3 cm³/mol. The Balaban J connectivity index is 2.93. The number of carbonyl (C=O) groups excluding carboxylic acids is 1. The van der Waals surface area contributed by atoms with Crippen LogP contribution in [-0.2, 0) is 0 Å². The number of nitrogens with zero attached hydrogens (tertiary/aromatic N) is 1. The number of rotatable bonds is 3. The zero-order valence-electron chi connectivity index (χ0n) is 13.6. The zero-order valence-corrected chi connectivity index (χ0v) is 13.6. The van der Waals surface area contributed by atoms with Crippen LogP contribution in [0.1, 0.15) is 53.9 Å². The molecule has 0 aliphatic carbocycles. The van der Waals surface area contributed by atoms with Crippen molar-refractivity contribution in [2.24, 2.45) is 5.92 Å². The van der Waals surface area contributed by atoms with Gasteiger partial charge in [0.05, 0.1) is 0 Å². The van der Waals surface area contributed by atoms with Crippen molar-refractivity contribution in [1.29, 1.82) is 0 Å². The molecule has 19 heavy (non-hydrogen) atoms. The standard InChI is InChI=1S/C15H31N3O/c1-8-14(4)10-12(16-13(19)18(6)7)11(3)15(5,9-2)17-14/h11-12,17H,8-10H2,1-7H3,(H,16,19). The van der Waals surface area contributed by atoms with Crippen molar-refractivity contribution in [3.63, 3.8) is 0 Å². The van der Waals surface area contributed by atoms with Crippen LogP contribution in [0.5, 0.6) is 0 Å². The highest BCUT2D eigenvalue weighted by Crippen LogP contribution is 2.37. The smallest absolute Gasteiger partial charge is 0.317 e. The molecule has 1 aliphatic rings. The van der Waals surface area contributed by atoms with Gasteiger partial charge in [-0.15, -0.1) is 0 Å². The van der Waals surface area contributed by atoms with E-state index in [1.54, 1.807) is 19.0 Å². The van der Waals surface area contributed by atoms with Gasteiger partial charge in [0.25, 0.3) is 0 Å². The van der Waals surface area contributed by atoms with Crippen LogP contribution in [0.4, 0.5) is 4.79 Å². The second kappa shape index (κ2) is 5.70. The van der Waals surface area contributed by atoms with Crippen molar-refractivity contribution in [1.82, 2.24) is 15.5 Å². The summed E-state index contributed by atoms with van der Waals surface area (Å²) in [6.07, 6.45) is 3.13. The highest BCUT2D eigenvalue weighted by atomic mass is 16.2. The molecular formula is C15H31N3O. The molecule has 0 aromatic heterocycles. The highest BCUT2D eigenvalue weighted by Gasteiger charge is 2.46. The van der Waals surface area contributed by atoms with Crippen LogP contribution in [0.2, 0.25) is 0 Å². The van der Waals surface area contributed by atoms with Crippen LogP contribution in [-0.4, -0.2) is 42.1 Å². The van der Waals surface area contributed by atoms with E-state index in [1.807, 2.05) is 0 Å². The molecule has 1 fully saturated rings. The van der Waals surface area contributed by atoms with E-state index < -0.39 is 0 Å². The molecule has 4 nitrogen and oxygen atoms in total. The van der Waals surface area contributed by atoms with Crippen molar-refractivity contribution in [2.45, 2.75) is 71.0 Å². The number of amides is 2. The lowest BCUT2D eigenvalue weighted by atomic mass is 9.69. The Morgan fingerprint density at radius 1 is 1.32 bits per heavy atom. The quantitative estimate of drug-likeness (QED) is 0.827. The minimum atomic E-state index is 0.00987. The first-order chi connectivity index (χ1) is 8.67. The summed E-state index contributed by atoms with van der Waals surface area (Å²) < 4.78 is 0. The van der Waals surface area contributed by atoms with Crippen LogP contribution in [0, 0.1) is 5.92 Å². The molecule has 0 radical (unpaired) electrons. The Kier molecular flexibility index (Phi) is 4.88. The normalized spacial score (nSPS) is 38.9. The lowest BCUT2D eigenvalue weighted by Gasteiger charge is -2.53. The van der Waals surface area contributed by atoms with E-state index in [2.05, 4.69) is 45.3 Å². The number of hydrogen-bond acceptors (Lipinski definition) is 2. The second-order valence-electron chi connectivity index (χ2n) is 6.75. The van der Waals surface area contributed by atoms with Crippen LogP contribution < -0.4 is 10.6 Å². The van der Waals surface area contributed by atoms with Gasteiger partial charge in [0.2, 0.25) is 0 Å². The Morgan fingerprint density at radius 3 is 2.32 bits per heavy atom. The van der Waals surface area contributed by atoms with Gasteiger partial charge in [0.1, 0.15) is 0 Å². The SMILES string of the molecule is CCC1(C)CC(NC(=O)N(C)C)C(C)C(C)(CC)N1. The summed E-state index contributed by atoms with van der Waals surface area (Å²) in [6.45, 7) is 11.2. The van der Waals surface area contributed by atoms with Crippen LogP contribution in [0.3, 0.4) is 0 Å². The molecule has 4 unspecified atom stereocenters. The molecule has 4 atom stereocenters. The van der Waals surface area contributed by atoms with Crippen molar-refractivity contribution in [2.75, 3.05) is 14.1 Å². The maximum absolute atomic E-state index is 11.9. The molecule has 0 aromatic carbocycles. The van der Waals surface area contributed by atoms with Crippen LogP contribution in [0.15, 0.2) is 0 Å². The minimum absolute atomic E-state index is 0.00987. The van der Waals surface area contributed by atoms with Crippen LogP contribution in [0.25, 0.3) is 0 Å². The Hall–Kier alpha value is -0.770. The summed E-state index contributed by atoms with van der Waals surface area (Å²) in [5.74, 6) is 0.418. The van der Waals surface area contributed by atoms with Gasteiger partial charge in [-0.05, 0) is 39.0 Å². The van der Waals surface area contributed by atoms with Gasteiger partial charge in [0, 0.05) is 31.2 Å². The maximum Gasteiger partial charge on any atom is 0.317 e. The lowest BCUT2D eigenvalue weighted by Crippen LogP contribution is -2.68. The Labute approximate surface area is 118 Å². The Morgan fingerprint density at radius 2 is 1.89 bits per heavy atom. The fourth-order valence-corrected chi connectivity index (χ4v) is 3.07. The summed E-state index contributed by atoms with van der Waals surface area (Å²) in [5, 5.41) is 7.02. The van der Waals surface area contributed by atoms with E-state index in [1.165, 1.54) is 0 Å². The molecular weight excluding hydrogens is 238 g/mol. The van der Waals surface area contributed by atoms with E-state index in [-0.39, 0.29) is 23.2 Å². The van der Waals surface area contributed by atoms with Gasteiger partial charge >= 0.3 is 6.03 Å². The molecule has 1 rings (SSSR count). The first kappa shape index (κ1) is 16.3. The third-order valence-electron chi connectivity index (χ3n) is 5.10. The fraction of sp³-hybridized carbons (Fsp3) is 0.933. The zero-order chi connectivity index (χ0) is 14.8. The van der Waals surface area contributed by atoms with Crippen molar-refractivity contribution in [3.8, 4) is 0 Å². The first-order valence-electron chi connectivity index (χ1n) is 7.44. The highest BCUT2D eigenvalue weighted by molar-refractivity contribution is 5.73. The molecule has 0 bridgehead atoms. The number of hydrogen-bond donors (Lipinski definition) is 2. The molecule has 112 valence electrons. The summed E-state index contributed by atoms with van der Waals surface area (Å²) in [5.41, 5.74) is 0.175. The van der Waals surface area contributed by atoms with E-state index in [0.717, 1.165) is 19.3 Å². The van der Waals surface area contributed by atoms with E-state index >= 15 is 0 Å². The number of piperidine rings is 1. The molecule has 0 spiro atoms. The predicted octanol–water partition coefficient (Wildman–Crippen LogP) is 2.59. The molecule has 2 N–H and O–H groups in total. The molecule has 1 saturated heterocycles. The van der Waals surface area contributed by atoms with Gasteiger partial charge in [-0.1, -0.05) is 20.8 Å². The Bertz CT molecular complexity index is 331. The average Bonchev–Trinajstić information content (AvgIpc) is 2.35. The molecule has 2 amide bonds. The van der Waals surface area contributed by atoms with E-state index in [4.69, 9.17) is 0 Å². The fourth-order valence-electron chi connectivity index (χ4n) is 3.07. The monoisotopic (exact) mass is 269 g/mol. The van der Waals surface area contributed by atoms with E-state index in [0.29, 0.717) is 5.92 Å². The van der Waals surface area contributed by atoms with Gasteiger partial charge < -0.3 is 15.5 Å². The largest absolute Gasteiger partial charge is 0.335 e. The van der Waals surface area contributed by atoms with Gasteiger partial charge in [0.15, 0.2) is 0 Å². The average molecular weight is 269 g/mol. The molecule has 0 aromatic rings. The molecule has 1 heterocycles. The lowest BCUT2D eigenvalue weighted by molar-refractivity contribution is 0.0607. The molecule has 0 saturated carbocycles.